The fraction of sp³-hybridized carbons (Fsp3) is 0.143. The number of thiophene rings is 1. The molecule has 0 atom stereocenters. The summed E-state index contributed by atoms with van der Waals surface area (Å²) < 4.78 is 29.9. The average Bonchev–Trinajstić information content (AvgIpc) is 3.17. The first-order valence-corrected chi connectivity index (χ1v) is 8.83. The molecule has 25 heavy (non-hydrogen) atoms. The Morgan fingerprint density at radius 3 is 2.88 bits per heavy atom. The van der Waals surface area contributed by atoms with Crippen LogP contribution in [-0.2, 0) is 0 Å². The third-order valence-corrected chi connectivity index (χ3v) is 5.87. The molecule has 0 fully saturated rings. The summed E-state index contributed by atoms with van der Waals surface area (Å²) in [6.07, 6.45) is 1.91. The molecule has 0 bridgehead atoms. The van der Waals surface area contributed by atoms with Crippen LogP contribution in [-0.4, -0.2) is 9.97 Å². The van der Waals surface area contributed by atoms with Gasteiger partial charge in [-0.05, 0) is 50.5 Å². The molecule has 0 spiro atoms. The van der Waals surface area contributed by atoms with E-state index in [4.69, 9.17) is 8.53 Å². The predicted octanol–water partition coefficient (Wildman–Crippen LogP) is 6.18. The summed E-state index contributed by atoms with van der Waals surface area (Å²) in [5.74, 6) is 0. The normalized spacial score (nSPS) is 14.1. The zero-order chi connectivity index (χ0) is 19.6. The van der Waals surface area contributed by atoms with Gasteiger partial charge in [-0.15, -0.1) is 11.3 Å². The van der Waals surface area contributed by atoms with E-state index in [1.807, 2.05) is 24.4 Å². The monoisotopic (exact) mass is 347 g/mol. The van der Waals surface area contributed by atoms with E-state index in [-0.39, 0.29) is 5.69 Å². The Balaban J connectivity index is 1.75. The van der Waals surface area contributed by atoms with Crippen LogP contribution in [0.5, 0.6) is 0 Å². The number of benzene rings is 1. The number of rotatable bonds is 1. The van der Waals surface area contributed by atoms with E-state index in [0.717, 1.165) is 22.0 Å². The molecular formula is C21H16N2OS. The molecule has 4 heteroatoms. The van der Waals surface area contributed by atoms with Gasteiger partial charge in [0.05, 0.1) is 5.69 Å². The first-order chi connectivity index (χ1) is 13.3. The lowest BCUT2D eigenvalue weighted by Gasteiger charge is -2.02. The van der Waals surface area contributed by atoms with Gasteiger partial charge in [0.1, 0.15) is 5.58 Å². The molecule has 0 unspecified atom stereocenters. The molecule has 0 aliphatic heterocycles. The summed E-state index contributed by atoms with van der Waals surface area (Å²) in [5.41, 5.74) is 4.00. The van der Waals surface area contributed by atoms with E-state index in [1.54, 1.807) is 23.5 Å². The molecule has 5 aromatic rings. The number of fused-ring (bicyclic) bond motifs is 4. The van der Waals surface area contributed by atoms with Crippen LogP contribution in [0.2, 0.25) is 0 Å². The van der Waals surface area contributed by atoms with Crippen LogP contribution in [0.25, 0.3) is 43.4 Å². The van der Waals surface area contributed by atoms with Gasteiger partial charge in [-0.1, -0.05) is 12.1 Å². The van der Waals surface area contributed by atoms with Crippen molar-refractivity contribution in [3.05, 3.63) is 58.7 Å². The quantitative estimate of drug-likeness (QED) is 0.363. The molecule has 1 aromatic carbocycles. The maximum absolute atomic E-state index is 7.58. The highest BCUT2D eigenvalue weighted by Crippen LogP contribution is 2.37. The number of para-hydroxylation sites is 1. The lowest BCUT2D eigenvalue weighted by atomic mass is 10.1. The molecule has 0 aliphatic carbocycles. The van der Waals surface area contributed by atoms with E-state index in [0.29, 0.717) is 11.3 Å². The first-order valence-electron chi connectivity index (χ1n) is 9.52. The van der Waals surface area contributed by atoms with Crippen LogP contribution in [0.4, 0.5) is 0 Å². The summed E-state index contributed by atoms with van der Waals surface area (Å²) in [5, 5.41) is 2.87. The Kier molecular flexibility index (Phi) is 2.42. The van der Waals surface area contributed by atoms with E-state index in [1.165, 1.54) is 20.5 Å². The van der Waals surface area contributed by atoms with Gasteiger partial charge in [0.2, 0.25) is 5.71 Å². The van der Waals surface area contributed by atoms with E-state index >= 15 is 0 Å². The van der Waals surface area contributed by atoms with Gasteiger partial charge in [-0.3, -0.25) is 4.98 Å². The second-order valence-corrected chi connectivity index (χ2v) is 7.44. The summed E-state index contributed by atoms with van der Waals surface area (Å²) in [4.78, 5) is 10.2. The molecule has 5 rings (SSSR count). The highest BCUT2D eigenvalue weighted by Gasteiger charge is 2.15. The molecule has 0 saturated carbocycles. The minimum atomic E-state index is -2.27. The molecule has 0 aliphatic rings. The lowest BCUT2D eigenvalue weighted by molar-refractivity contribution is 0.653. The van der Waals surface area contributed by atoms with Gasteiger partial charge >= 0.3 is 0 Å². The number of nitrogens with zero attached hydrogens (tertiary/aromatic N) is 2. The fourth-order valence-corrected chi connectivity index (χ4v) is 4.34. The number of hydrogen-bond acceptors (Lipinski definition) is 4. The SMILES string of the molecule is [2H]C([2H])([2H])c1ccc2c(n1)oc1c(-c3cc4sc(C)c(C)c4cn3)cccc12. The van der Waals surface area contributed by atoms with Crippen molar-refractivity contribution in [2.75, 3.05) is 0 Å². The average molecular weight is 347 g/mol. The van der Waals surface area contributed by atoms with Crippen LogP contribution in [0, 0.1) is 20.7 Å². The molecule has 122 valence electrons. The smallest absolute Gasteiger partial charge is 0.227 e. The van der Waals surface area contributed by atoms with Crippen LogP contribution >= 0.6 is 11.3 Å². The number of pyridine rings is 2. The molecule has 0 amide bonds. The first kappa shape index (κ1) is 11.8. The largest absolute Gasteiger partial charge is 0.437 e. The standard InChI is InChI=1S/C21H16N2OS/c1-11-7-8-15-14-5-4-6-16(20(14)24-21(15)23-11)18-9-19-17(10-22-18)12(2)13(3)25-19/h4-10H,1-3H3/i1D3. The highest BCUT2D eigenvalue weighted by atomic mass is 32.1. The van der Waals surface area contributed by atoms with E-state index < -0.39 is 6.85 Å². The molecule has 0 saturated heterocycles. The molecule has 3 nitrogen and oxygen atoms in total. The number of furan rings is 1. The molecule has 4 heterocycles. The predicted molar refractivity (Wildman–Crippen MR) is 104 cm³/mol. The van der Waals surface area contributed by atoms with Gasteiger partial charge in [0.25, 0.3) is 0 Å². The van der Waals surface area contributed by atoms with E-state index in [2.05, 4.69) is 29.9 Å². The van der Waals surface area contributed by atoms with Crippen molar-refractivity contribution < 1.29 is 8.53 Å². The third-order valence-electron chi connectivity index (χ3n) is 4.70. The second-order valence-electron chi connectivity index (χ2n) is 6.18. The van der Waals surface area contributed by atoms with Gasteiger partial charge in [0.15, 0.2) is 0 Å². The number of aromatic nitrogens is 2. The van der Waals surface area contributed by atoms with Gasteiger partial charge < -0.3 is 4.42 Å². The number of hydrogen-bond donors (Lipinski definition) is 0. The van der Waals surface area contributed by atoms with Crippen LogP contribution in [0.15, 0.2) is 47.0 Å². The van der Waals surface area contributed by atoms with Crippen molar-refractivity contribution in [2.24, 2.45) is 0 Å². The van der Waals surface area contributed by atoms with Crippen LogP contribution < -0.4 is 0 Å². The Morgan fingerprint density at radius 2 is 2.00 bits per heavy atom. The molecular weight excluding hydrogens is 328 g/mol. The van der Waals surface area contributed by atoms with Gasteiger partial charge in [-0.2, -0.15) is 0 Å². The van der Waals surface area contributed by atoms with Crippen molar-refractivity contribution in [1.29, 1.82) is 0 Å². The Hall–Kier alpha value is -2.72. The van der Waals surface area contributed by atoms with Gasteiger partial charge in [-0.25, -0.2) is 4.98 Å². The summed E-state index contributed by atoms with van der Waals surface area (Å²) in [6, 6.07) is 11.3. The zero-order valence-corrected chi connectivity index (χ0v) is 14.6. The minimum Gasteiger partial charge on any atom is -0.437 e. The summed E-state index contributed by atoms with van der Waals surface area (Å²) >= 11 is 1.76. The Morgan fingerprint density at radius 1 is 1.08 bits per heavy atom. The van der Waals surface area contributed by atoms with Crippen LogP contribution in [0.1, 0.15) is 20.2 Å². The van der Waals surface area contributed by atoms with Crippen molar-refractivity contribution in [3.8, 4) is 11.3 Å². The van der Waals surface area contributed by atoms with Crippen molar-refractivity contribution in [3.63, 3.8) is 0 Å². The summed E-state index contributed by atoms with van der Waals surface area (Å²) in [6.45, 7) is 1.97. The van der Waals surface area contributed by atoms with E-state index in [9.17, 15) is 0 Å². The minimum absolute atomic E-state index is 0.0321. The Labute approximate surface area is 153 Å². The Bertz CT molecular complexity index is 1380. The van der Waals surface area contributed by atoms with Crippen LogP contribution in [0.3, 0.4) is 0 Å². The molecule has 4 aromatic heterocycles. The topological polar surface area (TPSA) is 38.9 Å². The number of aryl methyl sites for hydroxylation is 3. The van der Waals surface area contributed by atoms with Crippen molar-refractivity contribution >= 4 is 43.5 Å². The second kappa shape index (κ2) is 5.14. The highest BCUT2D eigenvalue weighted by molar-refractivity contribution is 7.19. The van der Waals surface area contributed by atoms with Gasteiger partial charge in [0, 0.05) is 47.3 Å². The summed E-state index contributed by atoms with van der Waals surface area (Å²) in [7, 11) is 0. The van der Waals surface area contributed by atoms with Crippen molar-refractivity contribution in [2.45, 2.75) is 20.7 Å². The fourth-order valence-electron chi connectivity index (χ4n) is 3.26. The maximum atomic E-state index is 7.58. The molecule has 0 N–H and O–H groups in total. The lowest BCUT2D eigenvalue weighted by Crippen LogP contribution is -1.84. The third kappa shape index (κ3) is 2.11. The maximum Gasteiger partial charge on any atom is 0.227 e. The molecule has 0 radical (unpaired) electrons. The van der Waals surface area contributed by atoms with Crippen molar-refractivity contribution in [1.82, 2.24) is 9.97 Å². The zero-order valence-electron chi connectivity index (χ0n) is 16.8.